The first kappa shape index (κ1) is 14.0. The molecule has 1 N–H and O–H groups in total. The lowest BCUT2D eigenvalue weighted by molar-refractivity contribution is -0.134. The van der Waals surface area contributed by atoms with Gasteiger partial charge in [-0.2, -0.15) is 0 Å². The summed E-state index contributed by atoms with van der Waals surface area (Å²) in [5.41, 5.74) is 0. The summed E-state index contributed by atoms with van der Waals surface area (Å²) in [7, 11) is 0. The lowest BCUT2D eigenvalue weighted by Gasteiger charge is -2.31. The number of rotatable bonds is 7. The SMILES string of the molecule is CCCCCCNC(=O)C1CCCCN1C=O. The number of nitrogens with one attached hydrogen (secondary N) is 1. The maximum Gasteiger partial charge on any atom is 0.242 e. The Kier molecular flexibility index (Phi) is 6.67. The highest BCUT2D eigenvalue weighted by Crippen LogP contribution is 2.15. The van der Waals surface area contributed by atoms with Crippen LogP contribution in [0, 0.1) is 0 Å². The molecule has 2 amide bonds. The van der Waals surface area contributed by atoms with E-state index in [2.05, 4.69) is 12.2 Å². The van der Waals surface area contributed by atoms with Crippen molar-refractivity contribution in [1.82, 2.24) is 10.2 Å². The standard InChI is InChI=1S/C13H24N2O2/c1-2-3-4-6-9-14-13(17)12-8-5-7-10-15(12)11-16/h11-12H,2-10H2,1H3,(H,14,17). The van der Waals surface area contributed by atoms with Crippen molar-refractivity contribution < 1.29 is 9.59 Å². The van der Waals surface area contributed by atoms with Gasteiger partial charge in [-0.25, -0.2) is 0 Å². The van der Waals surface area contributed by atoms with Crippen molar-refractivity contribution in [2.75, 3.05) is 13.1 Å². The van der Waals surface area contributed by atoms with E-state index in [0.29, 0.717) is 0 Å². The molecule has 1 aliphatic rings. The molecule has 1 fully saturated rings. The summed E-state index contributed by atoms with van der Waals surface area (Å²) in [5.74, 6) is 0.0216. The zero-order valence-electron chi connectivity index (χ0n) is 10.8. The first-order valence-electron chi connectivity index (χ1n) is 6.78. The Bertz CT molecular complexity index is 244. The first-order chi connectivity index (χ1) is 8.29. The molecule has 1 atom stereocenters. The average Bonchev–Trinajstić information content (AvgIpc) is 2.38. The van der Waals surface area contributed by atoms with Crippen molar-refractivity contribution >= 4 is 12.3 Å². The molecular weight excluding hydrogens is 216 g/mol. The summed E-state index contributed by atoms with van der Waals surface area (Å²) >= 11 is 0. The van der Waals surface area contributed by atoms with E-state index >= 15 is 0 Å². The lowest BCUT2D eigenvalue weighted by atomic mass is 10.0. The zero-order valence-corrected chi connectivity index (χ0v) is 10.8. The summed E-state index contributed by atoms with van der Waals surface area (Å²) in [4.78, 5) is 24.4. The Balaban J connectivity index is 2.23. The van der Waals surface area contributed by atoms with E-state index in [0.717, 1.165) is 45.2 Å². The number of piperidine rings is 1. The van der Waals surface area contributed by atoms with Crippen LogP contribution in [0.1, 0.15) is 51.9 Å². The summed E-state index contributed by atoms with van der Waals surface area (Å²) in [6.07, 6.45) is 8.29. The van der Waals surface area contributed by atoms with E-state index in [-0.39, 0.29) is 11.9 Å². The van der Waals surface area contributed by atoms with E-state index in [1.165, 1.54) is 19.3 Å². The van der Waals surface area contributed by atoms with E-state index in [1.807, 2.05) is 0 Å². The van der Waals surface area contributed by atoms with Crippen LogP contribution in [0.25, 0.3) is 0 Å². The number of carbonyl (C=O) groups excluding carboxylic acids is 2. The molecule has 0 aromatic rings. The van der Waals surface area contributed by atoms with Crippen LogP contribution < -0.4 is 5.32 Å². The minimum atomic E-state index is -0.229. The van der Waals surface area contributed by atoms with Crippen molar-refractivity contribution in [2.45, 2.75) is 57.9 Å². The number of hydrogen-bond acceptors (Lipinski definition) is 2. The molecule has 1 unspecified atom stereocenters. The van der Waals surface area contributed by atoms with Gasteiger partial charge < -0.3 is 10.2 Å². The van der Waals surface area contributed by atoms with Gasteiger partial charge in [-0.05, 0) is 25.7 Å². The number of nitrogens with zero attached hydrogens (tertiary/aromatic N) is 1. The molecule has 17 heavy (non-hydrogen) atoms. The van der Waals surface area contributed by atoms with E-state index in [4.69, 9.17) is 0 Å². The second kappa shape index (κ2) is 8.09. The minimum absolute atomic E-state index is 0.0216. The third kappa shape index (κ3) is 4.75. The van der Waals surface area contributed by atoms with Crippen molar-refractivity contribution in [1.29, 1.82) is 0 Å². The third-order valence-corrected chi connectivity index (χ3v) is 3.31. The summed E-state index contributed by atoms with van der Waals surface area (Å²) in [5, 5.41) is 2.94. The molecule has 0 aliphatic carbocycles. The molecule has 0 bridgehead atoms. The zero-order chi connectivity index (χ0) is 12.5. The minimum Gasteiger partial charge on any atom is -0.354 e. The van der Waals surface area contributed by atoms with E-state index in [9.17, 15) is 9.59 Å². The average molecular weight is 240 g/mol. The van der Waals surface area contributed by atoms with Crippen LogP contribution in [0.4, 0.5) is 0 Å². The van der Waals surface area contributed by atoms with E-state index < -0.39 is 0 Å². The fourth-order valence-electron chi connectivity index (χ4n) is 2.24. The lowest BCUT2D eigenvalue weighted by Crippen LogP contribution is -2.48. The molecule has 0 aromatic carbocycles. The van der Waals surface area contributed by atoms with E-state index in [1.54, 1.807) is 4.90 Å². The van der Waals surface area contributed by atoms with Crippen LogP contribution in [-0.2, 0) is 9.59 Å². The van der Waals surface area contributed by atoms with Crippen LogP contribution in [-0.4, -0.2) is 36.3 Å². The number of hydrogen-bond donors (Lipinski definition) is 1. The van der Waals surface area contributed by atoms with Crippen molar-refractivity contribution in [3.05, 3.63) is 0 Å². The van der Waals surface area contributed by atoms with Crippen molar-refractivity contribution in [2.24, 2.45) is 0 Å². The second-order valence-corrected chi connectivity index (χ2v) is 4.71. The third-order valence-electron chi connectivity index (χ3n) is 3.31. The Morgan fingerprint density at radius 2 is 2.18 bits per heavy atom. The highest BCUT2D eigenvalue weighted by molar-refractivity contribution is 5.83. The van der Waals surface area contributed by atoms with Gasteiger partial charge in [0, 0.05) is 13.1 Å². The first-order valence-corrected chi connectivity index (χ1v) is 6.78. The molecular formula is C13H24N2O2. The number of amides is 2. The van der Waals surface area contributed by atoms with Crippen LogP contribution in [0.2, 0.25) is 0 Å². The van der Waals surface area contributed by atoms with Gasteiger partial charge in [0.2, 0.25) is 12.3 Å². The van der Waals surface area contributed by atoms with Gasteiger partial charge in [-0.1, -0.05) is 26.2 Å². The van der Waals surface area contributed by atoms with Gasteiger partial charge in [0.05, 0.1) is 0 Å². The summed E-state index contributed by atoms with van der Waals surface area (Å²) in [6.45, 7) is 3.63. The smallest absolute Gasteiger partial charge is 0.242 e. The van der Waals surface area contributed by atoms with Gasteiger partial charge >= 0.3 is 0 Å². The maximum absolute atomic E-state index is 11.9. The molecule has 1 aliphatic heterocycles. The highest BCUT2D eigenvalue weighted by Gasteiger charge is 2.26. The maximum atomic E-state index is 11.9. The Hall–Kier alpha value is -1.06. The van der Waals surface area contributed by atoms with Gasteiger partial charge in [0.1, 0.15) is 6.04 Å². The predicted octanol–water partition coefficient (Wildman–Crippen LogP) is 1.69. The molecule has 1 saturated heterocycles. The van der Waals surface area contributed by atoms with Gasteiger partial charge in [-0.3, -0.25) is 9.59 Å². The van der Waals surface area contributed by atoms with Gasteiger partial charge in [0.15, 0.2) is 0 Å². The molecule has 0 saturated carbocycles. The van der Waals surface area contributed by atoms with Crippen LogP contribution in [0.3, 0.4) is 0 Å². The number of likely N-dealkylation sites (tertiary alicyclic amines) is 1. The molecule has 0 aromatic heterocycles. The van der Waals surface area contributed by atoms with Crippen LogP contribution in [0.15, 0.2) is 0 Å². The predicted molar refractivity (Wildman–Crippen MR) is 67.6 cm³/mol. The van der Waals surface area contributed by atoms with Gasteiger partial charge in [0.25, 0.3) is 0 Å². The summed E-state index contributed by atoms with van der Waals surface area (Å²) < 4.78 is 0. The Labute approximate surface area is 104 Å². The summed E-state index contributed by atoms with van der Waals surface area (Å²) in [6, 6.07) is -0.229. The Morgan fingerprint density at radius 1 is 1.35 bits per heavy atom. The van der Waals surface area contributed by atoms with Crippen molar-refractivity contribution in [3.63, 3.8) is 0 Å². The van der Waals surface area contributed by atoms with Crippen LogP contribution in [0.5, 0.6) is 0 Å². The van der Waals surface area contributed by atoms with Crippen LogP contribution >= 0.6 is 0 Å². The Morgan fingerprint density at radius 3 is 2.88 bits per heavy atom. The molecule has 1 heterocycles. The van der Waals surface area contributed by atoms with Gasteiger partial charge in [-0.15, -0.1) is 0 Å². The normalized spacial score (nSPS) is 20.1. The fraction of sp³-hybridized carbons (Fsp3) is 0.846. The number of carbonyl (C=O) groups is 2. The molecule has 0 spiro atoms. The number of unbranched alkanes of at least 4 members (excludes halogenated alkanes) is 3. The quantitative estimate of drug-likeness (QED) is 0.544. The largest absolute Gasteiger partial charge is 0.354 e. The highest BCUT2D eigenvalue weighted by atomic mass is 16.2. The molecule has 0 radical (unpaired) electrons. The molecule has 1 rings (SSSR count). The topological polar surface area (TPSA) is 49.4 Å². The fourth-order valence-corrected chi connectivity index (χ4v) is 2.24. The monoisotopic (exact) mass is 240 g/mol. The molecule has 4 heteroatoms. The molecule has 4 nitrogen and oxygen atoms in total. The molecule has 98 valence electrons. The van der Waals surface area contributed by atoms with Crippen molar-refractivity contribution in [3.8, 4) is 0 Å². The second-order valence-electron chi connectivity index (χ2n) is 4.71.